The maximum Gasteiger partial charge on any atom is 0.307 e. The zero-order chi connectivity index (χ0) is 15.7. The molecule has 0 atom stereocenters. The van der Waals surface area contributed by atoms with E-state index < -0.39 is 21.6 Å². The Morgan fingerprint density at radius 2 is 1.95 bits per heavy atom. The molecule has 0 spiro atoms. The van der Waals surface area contributed by atoms with Gasteiger partial charge in [-0.05, 0) is 31.5 Å². The Labute approximate surface area is 124 Å². The van der Waals surface area contributed by atoms with Crippen LogP contribution in [0.1, 0.15) is 19.4 Å². The summed E-state index contributed by atoms with van der Waals surface area (Å²) < 4.78 is 32.0. The van der Waals surface area contributed by atoms with Gasteiger partial charge in [-0.1, -0.05) is 12.1 Å². The van der Waals surface area contributed by atoms with Crippen LogP contribution in [0.15, 0.2) is 29.2 Å². The first kappa shape index (κ1) is 15.9. The van der Waals surface area contributed by atoms with E-state index in [0.29, 0.717) is 25.3 Å². The van der Waals surface area contributed by atoms with E-state index in [2.05, 4.69) is 0 Å². The van der Waals surface area contributed by atoms with Crippen LogP contribution >= 0.6 is 0 Å². The van der Waals surface area contributed by atoms with Crippen LogP contribution < -0.4 is 0 Å². The molecule has 0 radical (unpaired) electrons. The second-order valence-electron chi connectivity index (χ2n) is 5.66. The SMILES string of the molecule is CC1(C)CN(S(=O)(=O)c2ccc(CC(=O)O)cc2)CCO1. The van der Waals surface area contributed by atoms with Gasteiger partial charge in [-0.2, -0.15) is 4.31 Å². The predicted molar refractivity (Wildman–Crippen MR) is 76.6 cm³/mol. The number of sulfonamides is 1. The molecule has 1 aliphatic rings. The van der Waals surface area contributed by atoms with Crippen LogP contribution in [-0.2, 0) is 26.0 Å². The number of carboxylic acid groups (broad SMARTS) is 1. The van der Waals surface area contributed by atoms with Crippen LogP contribution in [0.4, 0.5) is 0 Å². The fraction of sp³-hybridized carbons (Fsp3) is 0.500. The van der Waals surface area contributed by atoms with Crippen molar-refractivity contribution in [2.45, 2.75) is 30.8 Å². The summed E-state index contributed by atoms with van der Waals surface area (Å²) >= 11 is 0. The Balaban J connectivity index is 2.21. The van der Waals surface area contributed by atoms with Crippen molar-refractivity contribution < 1.29 is 23.1 Å². The van der Waals surface area contributed by atoms with Crippen LogP contribution in [0, 0.1) is 0 Å². The second kappa shape index (κ2) is 5.75. The van der Waals surface area contributed by atoms with Gasteiger partial charge in [-0.15, -0.1) is 0 Å². The molecule has 0 bridgehead atoms. The summed E-state index contributed by atoms with van der Waals surface area (Å²) in [6, 6.07) is 5.98. The lowest BCUT2D eigenvalue weighted by Crippen LogP contribution is -2.50. The van der Waals surface area contributed by atoms with Crippen molar-refractivity contribution in [3.05, 3.63) is 29.8 Å². The number of hydrogen-bond donors (Lipinski definition) is 1. The number of nitrogens with zero attached hydrogens (tertiary/aromatic N) is 1. The molecule has 1 N–H and O–H groups in total. The lowest BCUT2D eigenvalue weighted by atomic mass is 10.1. The molecular formula is C14H19NO5S. The van der Waals surface area contributed by atoms with Gasteiger partial charge in [0, 0.05) is 13.1 Å². The van der Waals surface area contributed by atoms with Crippen molar-refractivity contribution in [1.82, 2.24) is 4.31 Å². The Bertz CT molecular complexity index is 621. The fourth-order valence-corrected chi connectivity index (χ4v) is 3.86. The number of aliphatic carboxylic acids is 1. The highest BCUT2D eigenvalue weighted by Crippen LogP contribution is 2.23. The lowest BCUT2D eigenvalue weighted by Gasteiger charge is -2.37. The van der Waals surface area contributed by atoms with Crippen molar-refractivity contribution in [3.63, 3.8) is 0 Å². The number of rotatable bonds is 4. The molecular weight excluding hydrogens is 294 g/mol. The lowest BCUT2D eigenvalue weighted by molar-refractivity contribution is -0.136. The number of carboxylic acids is 1. The molecule has 0 aromatic heterocycles. The maximum absolute atomic E-state index is 12.6. The zero-order valence-corrected chi connectivity index (χ0v) is 12.9. The Hall–Kier alpha value is -1.44. The maximum atomic E-state index is 12.6. The highest BCUT2D eigenvalue weighted by Gasteiger charge is 2.34. The average molecular weight is 313 g/mol. The standard InChI is InChI=1S/C14H19NO5S/c1-14(2)10-15(7-8-20-14)21(18,19)12-5-3-11(4-6-12)9-13(16)17/h3-6H,7-10H2,1-2H3,(H,16,17). The Morgan fingerprint density at radius 3 is 2.48 bits per heavy atom. The first-order chi connectivity index (χ1) is 9.71. The minimum Gasteiger partial charge on any atom is -0.481 e. The molecule has 0 unspecified atom stereocenters. The Morgan fingerprint density at radius 1 is 1.33 bits per heavy atom. The van der Waals surface area contributed by atoms with E-state index in [1.807, 2.05) is 13.8 Å². The van der Waals surface area contributed by atoms with Crippen LogP contribution in [0.2, 0.25) is 0 Å². The molecule has 0 aliphatic carbocycles. The van der Waals surface area contributed by atoms with Gasteiger partial charge in [-0.25, -0.2) is 8.42 Å². The second-order valence-corrected chi connectivity index (χ2v) is 7.60. The van der Waals surface area contributed by atoms with E-state index in [1.54, 1.807) is 0 Å². The van der Waals surface area contributed by atoms with Gasteiger partial charge in [0.05, 0.1) is 23.5 Å². The Kier molecular flexibility index (Phi) is 4.36. The van der Waals surface area contributed by atoms with Gasteiger partial charge in [0.2, 0.25) is 10.0 Å². The highest BCUT2D eigenvalue weighted by molar-refractivity contribution is 7.89. The zero-order valence-electron chi connectivity index (χ0n) is 12.1. The molecule has 1 aromatic rings. The van der Waals surface area contributed by atoms with Crippen LogP contribution in [0.25, 0.3) is 0 Å². The molecule has 2 rings (SSSR count). The van der Waals surface area contributed by atoms with Gasteiger partial charge < -0.3 is 9.84 Å². The van der Waals surface area contributed by atoms with E-state index in [-0.39, 0.29) is 11.3 Å². The quantitative estimate of drug-likeness (QED) is 0.900. The highest BCUT2D eigenvalue weighted by atomic mass is 32.2. The normalized spacial score (nSPS) is 19.3. The monoisotopic (exact) mass is 313 g/mol. The first-order valence-electron chi connectivity index (χ1n) is 6.66. The van der Waals surface area contributed by atoms with E-state index >= 15 is 0 Å². The molecule has 7 heteroatoms. The number of ether oxygens (including phenoxy) is 1. The molecule has 1 saturated heterocycles. The van der Waals surface area contributed by atoms with Gasteiger partial charge in [0.25, 0.3) is 0 Å². The summed E-state index contributed by atoms with van der Waals surface area (Å²) in [6.45, 7) is 4.69. The number of morpholine rings is 1. The van der Waals surface area contributed by atoms with E-state index in [1.165, 1.54) is 28.6 Å². The van der Waals surface area contributed by atoms with E-state index in [9.17, 15) is 13.2 Å². The van der Waals surface area contributed by atoms with Crippen molar-refractivity contribution in [1.29, 1.82) is 0 Å². The molecule has 1 aliphatic heterocycles. The molecule has 1 aromatic carbocycles. The minimum absolute atomic E-state index is 0.120. The number of carbonyl (C=O) groups is 1. The van der Waals surface area contributed by atoms with Crippen molar-refractivity contribution in [2.75, 3.05) is 19.7 Å². The van der Waals surface area contributed by atoms with Crippen LogP contribution in [0.3, 0.4) is 0 Å². The number of hydrogen-bond acceptors (Lipinski definition) is 4. The van der Waals surface area contributed by atoms with Crippen LogP contribution in [-0.4, -0.2) is 49.1 Å². The molecule has 0 saturated carbocycles. The summed E-state index contributed by atoms with van der Waals surface area (Å²) in [5, 5.41) is 8.72. The van der Waals surface area contributed by atoms with Gasteiger partial charge in [0.1, 0.15) is 0 Å². The summed E-state index contributed by atoms with van der Waals surface area (Å²) in [4.78, 5) is 10.8. The van der Waals surface area contributed by atoms with Gasteiger partial charge in [-0.3, -0.25) is 4.79 Å². The number of benzene rings is 1. The van der Waals surface area contributed by atoms with Crippen LogP contribution in [0.5, 0.6) is 0 Å². The third-order valence-corrected chi connectivity index (χ3v) is 5.17. The smallest absolute Gasteiger partial charge is 0.307 e. The molecule has 21 heavy (non-hydrogen) atoms. The van der Waals surface area contributed by atoms with Gasteiger partial charge >= 0.3 is 5.97 Å². The summed E-state index contributed by atoms with van der Waals surface area (Å²) in [5.41, 5.74) is 0.0675. The van der Waals surface area contributed by atoms with Crippen molar-refractivity contribution >= 4 is 16.0 Å². The third-order valence-electron chi connectivity index (χ3n) is 3.31. The summed E-state index contributed by atoms with van der Waals surface area (Å²) in [6.07, 6.45) is -0.120. The third kappa shape index (κ3) is 3.81. The molecule has 0 amide bonds. The topological polar surface area (TPSA) is 83.9 Å². The largest absolute Gasteiger partial charge is 0.481 e. The molecule has 116 valence electrons. The average Bonchev–Trinajstić information content (AvgIpc) is 2.37. The van der Waals surface area contributed by atoms with E-state index in [0.717, 1.165) is 0 Å². The fourth-order valence-electron chi connectivity index (χ4n) is 2.28. The molecule has 1 heterocycles. The molecule has 6 nitrogen and oxygen atoms in total. The molecule has 1 fully saturated rings. The van der Waals surface area contributed by atoms with Gasteiger partial charge in [0.15, 0.2) is 0 Å². The summed E-state index contributed by atoms with van der Waals surface area (Å²) in [5.74, 6) is -0.944. The minimum atomic E-state index is -3.57. The summed E-state index contributed by atoms with van der Waals surface area (Å²) in [7, 11) is -3.57. The first-order valence-corrected chi connectivity index (χ1v) is 8.10. The van der Waals surface area contributed by atoms with Crippen molar-refractivity contribution in [3.8, 4) is 0 Å². The van der Waals surface area contributed by atoms with Crippen molar-refractivity contribution in [2.24, 2.45) is 0 Å². The predicted octanol–water partition coefficient (Wildman–Crippen LogP) is 1.11. The van der Waals surface area contributed by atoms with E-state index in [4.69, 9.17) is 9.84 Å².